The lowest BCUT2D eigenvalue weighted by Crippen LogP contribution is -2.35. The van der Waals surface area contributed by atoms with Crippen molar-refractivity contribution in [3.8, 4) is 0 Å². The second-order valence-electron chi connectivity index (χ2n) is 5.05. The van der Waals surface area contributed by atoms with E-state index in [2.05, 4.69) is 42.2 Å². The standard InChI is InChI=1S/C15H15Br2N3O3S/c1-10-4-3-5-14(18-10)19-15(21)9-20(2)24(22,23)13-8-11(16)6-7-12(13)17/h3-8H,9H2,1-2H3,(H,18,19,21). The summed E-state index contributed by atoms with van der Waals surface area (Å²) < 4.78 is 27.3. The van der Waals surface area contributed by atoms with E-state index in [9.17, 15) is 13.2 Å². The summed E-state index contributed by atoms with van der Waals surface area (Å²) in [6, 6.07) is 10.0. The van der Waals surface area contributed by atoms with E-state index in [4.69, 9.17) is 0 Å². The average molecular weight is 477 g/mol. The zero-order valence-corrected chi connectivity index (χ0v) is 16.9. The number of amides is 1. The number of nitrogens with one attached hydrogen (secondary N) is 1. The molecule has 0 radical (unpaired) electrons. The Morgan fingerprint density at radius 2 is 1.96 bits per heavy atom. The highest BCUT2D eigenvalue weighted by atomic mass is 79.9. The van der Waals surface area contributed by atoms with Crippen LogP contribution in [0.5, 0.6) is 0 Å². The van der Waals surface area contributed by atoms with Crippen LogP contribution < -0.4 is 5.32 Å². The summed E-state index contributed by atoms with van der Waals surface area (Å²) in [5, 5.41) is 2.59. The van der Waals surface area contributed by atoms with E-state index >= 15 is 0 Å². The Labute approximate surface area is 157 Å². The van der Waals surface area contributed by atoms with Gasteiger partial charge in [-0.2, -0.15) is 4.31 Å². The third-order valence-corrected chi connectivity index (χ3v) is 6.39. The molecule has 24 heavy (non-hydrogen) atoms. The first-order chi connectivity index (χ1) is 11.2. The van der Waals surface area contributed by atoms with Crippen molar-refractivity contribution in [3.05, 3.63) is 51.0 Å². The molecule has 0 aliphatic heterocycles. The van der Waals surface area contributed by atoms with Gasteiger partial charge in [-0.05, 0) is 53.2 Å². The summed E-state index contributed by atoms with van der Waals surface area (Å²) in [6.07, 6.45) is 0. The first-order valence-corrected chi connectivity index (χ1v) is 9.87. The van der Waals surface area contributed by atoms with Gasteiger partial charge < -0.3 is 5.32 Å². The molecule has 0 spiro atoms. The minimum atomic E-state index is -3.81. The first kappa shape index (κ1) is 19.0. The van der Waals surface area contributed by atoms with Gasteiger partial charge in [0.2, 0.25) is 15.9 Å². The van der Waals surface area contributed by atoms with Crippen molar-refractivity contribution in [1.82, 2.24) is 9.29 Å². The molecule has 9 heteroatoms. The Hall–Kier alpha value is -1.29. The summed E-state index contributed by atoms with van der Waals surface area (Å²) >= 11 is 6.47. The summed E-state index contributed by atoms with van der Waals surface area (Å²) in [5.41, 5.74) is 0.756. The summed E-state index contributed by atoms with van der Waals surface area (Å²) in [4.78, 5) is 16.3. The van der Waals surface area contributed by atoms with Crippen LogP contribution in [0, 0.1) is 6.92 Å². The fourth-order valence-electron chi connectivity index (χ4n) is 1.93. The SMILES string of the molecule is Cc1cccc(NC(=O)CN(C)S(=O)(=O)c2cc(Br)ccc2Br)n1. The number of hydrogen-bond donors (Lipinski definition) is 1. The molecule has 1 aromatic heterocycles. The molecule has 0 aliphatic rings. The number of anilines is 1. The maximum Gasteiger partial charge on any atom is 0.244 e. The second-order valence-corrected chi connectivity index (χ2v) is 8.83. The van der Waals surface area contributed by atoms with Crippen LogP contribution in [0.1, 0.15) is 5.69 Å². The predicted octanol–water partition coefficient (Wildman–Crippen LogP) is 3.17. The van der Waals surface area contributed by atoms with Crippen LogP contribution in [-0.4, -0.2) is 37.2 Å². The number of aromatic nitrogens is 1. The van der Waals surface area contributed by atoms with Crippen molar-refractivity contribution >= 4 is 53.6 Å². The molecule has 0 unspecified atom stereocenters. The normalized spacial score (nSPS) is 11.5. The maximum atomic E-state index is 12.6. The number of carbonyl (C=O) groups is 1. The molecule has 0 aliphatic carbocycles. The molecule has 0 atom stereocenters. The Kier molecular flexibility index (Phi) is 6.13. The third kappa shape index (κ3) is 4.62. The zero-order chi connectivity index (χ0) is 17.9. The first-order valence-electron chi connectivity index (χ1n) is 6.85. The topological polar surface area (TPSA) is 79.4 Å². The smallest absolute Gasteiger partial charge is 0.244 e. The number of hydrogen-bond acceptors (Lipinski definition) is 4. The van der Waals surface area contributed by atoms with Crippen LogP contribution >= 0.6 is 31.9 Å². The average Bonchev–Trinajstić information content (AvgIpc) is 2.49. The summed E-state index contributed by atoms with van der Waals surface area (Å²) in [6.45, 7) is 1.48. The van der Waals surface area contributed by atoms with Gasteiger partial charge in [0.1, 0.15) is 5.82 Å². The number of benzene rings is 1. The molecule has 0 bridgehead atoms. The molecule has 2 aromatic rings. The van der Waals surface area contributed by atoms with E-state index in [1.165, 1.54) is 13.1 Å². The molecule has 0 saturated carbocycles. The lowest BCUT2D eigenvalue weighted by atomic mass is 10.4. The number of sulfonamides is 1. The fraction of sp³-hybridized carbons (Fsp3) is 0.200. The Morgan fingerprint density at radius 1 is 1.25 bits per heavy atom. The number of aryl methyl sites for hydroxylation is 1. The van der Waals surface area contributed by atoms with Crippen LogP contribution in [0.15, 0.2) is 50.2 Å². The van der Waals surface area contributed by atoms with E-state index in [0.29, 0.717) is 14.8 Å². The molecule has 1 aromatic carbocycles. The van der Waals surface area contributed by atoms with Gasteiger partial charge in [0.05, 0.1) is 11.4 Å². The molecule has 0 saturated heterocycles. The molecule has 128 valence electrons. The molecule has 6 nitrogen and oxygen atoms in total. The summed E-state index contributed by atoms with van der Waals surface area (Å²) in [7, 11) is -2.46. The monoisotopic (exact) mass is 475 g/mol. The molecule has 1 heterocycles. The van der Waals surface area contributed by atoms with Gasteiger partial charge in [0, 0.05) is 21.7 Å². The van der Waals surface area contributed by atoms with Crippen LogP contribution in [0.4, 0.5) is 5.82 Å². The minimum absolute atomic E-state index is 0.0841. The van der Waals surface area contributed by atoms with Crippen LogP contribution in [0.2, 0.25) is 0 Å². The number of nitrogens with zero attached hydrogens (tertiary/aromatic N) is 2. The largest absolute Gasteiger partial charge is 0.310 e. The van der Waals surface area contributed by atoms with E-state index in [0.717, 1.165) is 10.00 Å². The quantitative estimate of drug-likeness (QED) is 0.718. The van der Waals surface area contributed by atoms with Gasteiger partial charge in [-0.25, -0.2) is 13.4 Å². The fourth-order valence-corrected chi connectivity index (χ4v) is 4.51. The van der Waals surface area contributed by atoms with Gasteiger partial charge in [-0.3, -0.25) is 4.79 Å². The third-order valence-electron chi connectivity index (χ3n) is 3.10. The van der Waals surface area contributed by atoms with Crippen LogP contribution in [0.3, 0.4) is 0 Å². The Balaban J connectivity index is 2.14. The van der Waals surface area contributed by atoms with Gasteiger partial charge in [-0.15, -0.1) is 0 Å². The van der Waals surface area contributed by atoms with Crippen molar-refractivity contribution in [3.63, 3.8) is 0 Å². The van der Waals surface area contributed by atoms with Crippen molar-refractivity contribution in [1.29, 1.82) is 0 Å². The lowest BCUT2D eigenvalue weighted by Gasteiger charge is -2.18. The van der Waals surface area contributed by atoms with Crippen molar-refractivity contribution in [2.24, 2.45) is 0 Å². The highest BCUT2D eigenvalue weighted by Gasteiger charge is 2.25. The van der Waals surface area contributed by atoms with E-state index in [1.807, 2.05) is 0 Å². The lowest BCUT2D eigenvalue weighted by molar-refractivity contribution is -0.116. The number of pyridine rings is 1. The highest BCUT2D eigenvalue weighted by molar-refractivity contribution is 9.11. The van der Waals surface area contributed by atoms with Gasteiger partial charge in [0.15, 0.2) is 0 Å². The van der Waals surface area contributed by atoms with Crippen molar-refractivity contribution < 1.29 is 13.2 Å². The van der Waals surface area contributed by atoms with Gasteiger partial charge >= 0.3 is 0 Å². The highest BCUT2D eigenvalue weighted by Crippen LogP contribution is 2.27. The molecule has 1 amide bonds. The molecule has 2 rings (SSSR count). The molecular weight excluding hydrogens is 462 g/mol. The zero-order valence-electron chi connectivity index (χ0n) is 13.0. The number of carbonyl (C=O) groups excluding carboxylic acids is 1. The van der Waals surface area contributed by atoms with E-state index < -0.39 is 15.9 Å². The Bertz CT molecular complexity index is 872. The van der Waals surface area contributed by atoms with E-state index in [1.54, 1.807) is 37.3 Å². The molecular formula is C15H15Br2N3O3S. The minimum Gasteiger partial charge on any atom is -0.310 e. The number of rotatable bonds is 5. The van der Waals surface area contributed by atoms with E-state index in [-0.39, 0.29) is 11.4 Å². The van der Waals surface area contributed by atoms with Crippen LogP contribution in [-0.2, 0) is 14.8 Å². The number of halogens is 2. The molecule has 1 N–H and O–H groups in total. The molecule has 0 fully saturated rings. The van der Waals surface area contributed by atoms with Gasteiger partial charge in [0.25, 0.3) is 0 Å². The van der Waals surface area contributed by atoms with Crippen molar-refractivity contribution in [2.75, 3.05) is 18.9 Å². The second kappa shape index (κ2) is 7.73. The predicted molar refractivity (Wildman–Crippen MR) is 99.3 cm³/mol. The van der Waals surface area contributed by atoms with Crippen molar-refractivity contribution in [2.45, 2.75) is 11.8 Å². The number of likely N-dealkylation sites (N-methyl/N-ethyl adjacent to an activating group) is 1. The van der Waals surface area contributed by atoms with Gasteiger partial charge in [-0.1, -0.05) is 22.0 Å². The summed E-state index contributed by atoms with van der Waals surface area (Å²) in [5.74, 6) is -0.0836. The maximum absolute atomic E-state index is 12.6. The van der Waals surface area contributed by atoms with Crippen LogP contribution in [0.25, 0.3) is 0 Å². The Morgan fingerprint density at radius 3 is 2.62 bits per heavy atom.